The number of aryl methyl sites for hydroxylation is 1. The van der Waals surface area contributed by atoms with E-state index in [0.29, 0.717) is 0 Å². The van der Waals surface area contributed by atoms with Crippen LogP contribution in [0.15, 0.2) is 24.3 Å². The quantitative estimate of drug-likeness (QED) is 0.699. The Labute approximate surface area is 75.8 Å². The van der Waals surface area contributed by atoms with E-state index in [9.17, 15) is 4.80 Å². The minimum Gasteiger partial charge on any atom is -0.427 e. The lowest BCUT2D eigenvalue weighted by Crippen LogP contribution is -2.31. The molecule has 0 spiro atoms. The molecular weight excluding hydrogens is 164 g/mol. The minimum atomic E-state index is -1.25. The fourth-order valence-corrected chi connectivity index (χ4v) is 2.84. The lowest BCUT2D eigenvalue weighted by molar-refractivity contribution is 0.581. The lowest BCUT2D eigenvalue weighted by atomic mass is 10.2. The van der Waals surface area contributed by atoms with E-state index in [2.05, 4.69) is 19.9 Å². The van der Waals surface area contributed by atoms with Crippen molar-refractivity contribution in [2.45, 2.75) is 26.3 Å². The predicted molar refractivity (Wildman–Crippen MR) is 53.9 cm³/mol. The van der Waals surface area contributed by atoms with Gasteiger partial charge in [-0.3, -0.25) is 0 Å². The van der Waals surface area contributed by atoms with Crippen LogP contribution in [0.2, 0.25) is 6.04 Å². The summed E-state index contributed by atoms with van der Waals surface area (Å²) in [5.74, 6) is 0. The molecule has 0 saturated heterocycles. The Morgan fingerprint density at radius 1 is 1.33 bits per heavy atom. The highest BCUT2D eigenvalue weighted by molar-refractivity contribution is 6.66. The van der Waals surface area contributed by atoms with E-state index in [1.165, 1.54) is 10.8 Å². The first-order valence-corrected chi connectivity index (χ1v) is 6.02. The van der Waals surface area contributed by atoms with Gasteiger partial charge in [0.25, 0.3) is 0 Å². The van der Waals surface area contributed by atoms with E-state index in [1.54, 1.807) is 0 Å². The zero-order valence-corrected chi connectivity index (χ0v) is 8.67. The fourth-order valence-electron chi connectivity index (χ4n) is 1.27. The van der Waals surface area contributed by atoms with Gasteiger partial charge >= 0.3 is 0 Å². The summed E-state index contributed by atoms with van der Waals surface area (Å²) in [5.41, 5.74) is 1.22. The fraction of sp³-hybridized carbons (Fsp3) is 0.400. The monoisotopic (exact) mass is 179 g/mol. The Morgan fingerprint density at radius 3 is 2.58 bits per heavy atom. The summed E-state index contributed by atoms with van der Waals surface area (Å²) < 4.78 is 0. The molecule has 65 valence electrons. The average Bonchev–Trinajstić information content (AvgIpc) is 2.05. The number of hydrogen-bond donors (Lipinski definition) is 1. The van der Waals surface area contributed by atoms with Crippen LogP contribution in [0.3, 0.4) is 0 Å². The first kappa shape index (κ1) is 9.48. The summed E-state index contributed by atoms with van der Waals surface area (Å²) in [6, 6.07) is 9.07. The zero-order chi connectivity index (χ0) is 8.97. The van der Waals surface area contributed by atoms with Crippen molar-refractivity contribution in [2.24, 2.45) is 0 Å². The summed E-state index contributed by atoms with van der Waals surface area (Å²) in [7, 11) is -1.25. The summed E-state index contributed by atoms with van der Waals surface area (Å²) >= 11 is 0. The molecule has 1 rings (SSSR count). The standard InChI is InChI=1S/C10H15OSi/c1-3-8-12(11)10-7-5-4-6-9(10)2/h4-7,11H,3,8H2,1-2H3. The second-order valence-electron chi connectivity index (χ2n) is 3.01. The second-order valence-corrected chi connectivity index (χ2v) is 4.94. The Morgan fingerprint density at radius 2 is 2.00 bits per heavy atom. The van der Waals surface area contributed by atoms with Crippen LogP contribution < -0.4 is 5.19 Å². The van der Waals surface area contributed by atoms with Crippen molar-refractivity contribution in [3.63, 3.8) is 0 Å². The van der Waals surface area contributed by atoms with Gasteiger partial charge < -0.3 is 4.80 Å². The maximum atomic E-state index is 9.80. The van der Waals surface area contributed by atoms with E-state index < -0.39 is 9.04 Å². The van der Waals surface area contributed by atoms with Crippen molar-refractivity contribution in [1.29, 1.82) is 0 Å². The van der Waals surface area contributed by atoms with Gasteiger partial charge in [-0.05, 0) is 23.7 Å². The molecule has 0 bridgehead atoms. The van der Waals surface area contributed by atoms with Crippen molar-refractivity contribution >= 4 is 14.2 Å². The van der Waals surface area contributed by atoms with Gasteiger partial charge in [0.05, 0.1) is 0 Å². The van der Waals surface area contributed by atoms with Crippen LogP contribution in [0.4, 0.5) is 0 Å². The average molecular weight is 179 g/mol. The first-order chi connectivity index (χ1) is 5.75. The van der Waals surface area contributed by atoms with Crippen LogP contribution >= 0.6 is 0 Å². The first-order valence-electron chi connectivity index (χ1n) is 4.36. The van der Waals surface area contributed by atoms with Gasteiger partial charge in [-0.2, -0.15) is 0 Å². The van der Waals surface area contributed by atoms with Crippen LogP contribution in [0, 0.1) is 6.92 Å². The maximum absolute atomic E-state index is 9.80. The number of benzene rings is 1. The van der Waals surface area contributed by atoms with Gasteiger partial charge in [0.1, 0.15) is 0 Å². The molecule has 0 fully saturated rings. The largest absolute Gasteiger partial charge is 0.427 e. The number of rotatable bonds is 3. The summed E-state index contributed by atoms with van der Waals surface area (Å²) in [6.45, 7) is 4.17. The van der Waals surface area contributed by atoms with Gasteiger partial charge in [0.15, 0.2) is 0 Å². The molecule has 2 heteroatoms. The molecule has 0 atom stereocenters. The molecule has 1 radical (unpaired) electrons. The molecular formula is C10H15OSi. The third kappa shape index (κ3) is 2.19. The molecule has 0 aliphatic rings. The van der Waals surface area contributed by atoms with E-state index in [0.717, 1.165) is 12.5 Å². The van der Waals surface area contributed by atoms with E-state index in [4.69, 9.17) is 0 Å². The zero-order valence-electron chi connectivity index (χ0n) is 7.67. The van der Waals surface area contributed by atoms with Gasteiger partial charge in [-0.15, -0.1) is 0 Å². The molecule has 0 saturated carbocycles. The van der Waals surface area contributed by atoms with Gasteiger partial charge in [-0.25, -0.2) is 0 Å². The lowest BCUT2D eigenvalue weighted by Gasteiger charge is -2.08. The van der Waals surface area contributed by atoms with Crippen molar-refractivity contribution < 1.29 is 4.80 Å². The molecule has 1 aromatic carbocycles. The Kier molecular flexibility index (Phi) is 3.50. The van der Waals surface area contributed by atoms with Crippen molar-refractivity contribution in [3.8, 4) is 0 Å². The molecule has 0 amide bonds. The molecule has 0 heterocycles. The van der Waals surface area contributed by atoms with Crippen LogP contribution in [0.25, 0.3) is 0 Å². The third-order valence-corrected chi connectivity index (χ3v) is 4.10. The van der Waals surface area contributed by atoms with Crippen LogP contribution in [0.1, 0.15) is 18.9 Å². The molecule has 0 unspecified atom stereocenters. The topological polar surface area (TPSA) is 20.2 Å². The highest BCUT2D eigenvalue weighted by Gasteiger charge is 2.11. The van der Waals surface area contributed by atoms with E-state index in [-0.39, 0.29) is 0 Å². The minimum absolute atomic E-state index is 0.954. The Hall–Kier alpha value is -0.603. The van der Waals surface area contributed by atoms with Crippen molar-refractivity contribution in [2.75, 3.05) is 0 Å². The molecule has 12 heavy (non-hydrogen) atoms. The highest BCUT2D eigenvalue weighted by atomic mass is 28.3. The predicted octanol–water partition coefficient (Wildman–Crippen LogP) is 1.60. The Bertz CT molecular complexity index is 247. The SMILES string of the molecule is CCC[Si](O)c1ccccc1C. The van der Waals surface area contributed by atoms with Gasteiger partial charge in [0, 0.05) is 0 Å². The van der Waals surface area contributed by atoms with Gasteiger partial charge in [-0.1, -0.05) is 37.6 Å². The van der Waals surface area contributed by atoms with E-state index >= 15 is 0 Å². The van der Waals surface area contributed by atoms with Crippen LogP contribution in [-0.4, -0.2) is 13.8 Å². The van der Waals surface area contributed by atoms with Gasteiger partial charge in [0.2, 0.25) is 9.04 Å². The summed E-state index contributed by atoms with van der Waals surface area (Å²) in [4.78, 5) is 9.80. The molecule has 1 N–H and O–H groups in total. The summed E-state index contributed by atoms with van der Waals surface area (Å²) in [5, 5.41) is 1.17. The maximum Gasteiger partial charge on any atom is 0.243 e. The van der Waals surface area contributed by atoms with Crippen molar-refractivity contribution in [1.82, 2.24) is 0 Å². The molecule has 0 aliphatic heterocycles. The van der Waals surface area contributed by atoms with Crippen molar-refractivity contribution in [3.05, 3.63) is 29.8 Å². The van der Waals surface area contributed by atoms with Crippen LogP contribution in [-0.2, 0) is 0 Å². The normalized spacial score (nSPS) is 10.7. The third-order valence-electron chi connectivity index (χ3n) is 1.94. The second kappa shape index (κ2) is 4.43. The smallest absolute Gasteiger partial charge is 0.243 e. The van der Waals surface area contributed by atoms with E-state index in [1.807, 2.05) is 18.2 Å². The molecule has 1 nitrogen and oxygen atoms in total. The summed E-state index contributed by atoms with van der Waals surface area (Å²) in [6.07, 6.45) is 1.07. The van der Waals surface area contributed by atoms with Crippen LogP contribution in [0.5, 0.6) is 0 Å². The molecule has 0 aliphatic carbocycles. The number of hydrogen-bond acceptors (Lipinski definition) is 1. The highest BCUT2D eigenvalue weighted by Crippen LogP contribution is 1.99. The Balaban J connectivity index is 2.79. The molecule has 1 aromatic rings. The molecule has 0 aromatic heterocycles.